The quantitative estimate of drug-likeness (QED) is 0.875. The molecule has 2 heterocycles. The topological polar surface area (TPSA) is 78.8 Å². The summed E-state index contributed by atoms with van der Waals surface area (Å²) in [5.74, 6) is 0.0502. The van der Waals surface area contributed by atoms with Gasteiger partial charge >= 0.3 is 0 Å². The first-order valence-electron chi connectivity index (χ1n) is 7.87. The van der Waals surface area contributed by atoms with E-state index >= 15 is 0 Å². The third-order valence-electron chi connectivity index (χ3n) is 4.47. The standard InChI is InChI=1S/C16H22N2O5/c1-18-9-11(13(21-2)8-15(18)19)16(20)17-10-3-4-12-14(7-10)23-6-5-22-12/h8-10,12,14H,3-7H2,1-2H3,(H,17,20). The molecule has 1 aliphatic heterocycles. The predicted octanol–water partition coefficient (Wildman–Crippen LogP) is 0.460. The lowest BCUT2D eigenvalue weighted by molar-refractivity contribution is -0.157. The molecule has 3 atom stereocenters. The van der Waals surface area contributed by atoms with Crippen LogP contribution in [0, 0.1) is 0 Å². The van der Waals surface area contributed by atoms with E-state index in [-0.39, 0.29) is 35.5 Å². The minimum Gasteiger partial charge on any atom is -0.496 e. The van der Waals surface area contributed by atoms with E-state index in [9.17, 15) is 9.59 Å². The van der Waals surface area contributed by atoms with E-state index in [1.807, 2.05) is 0 Å². The number of nitrogens with zero attached hydrogens (tertiary/aromatic N) is 1. The molecule has 2 aliphatic rings. The summed E-state index contributed by atoms with van der Waals surface area (Å²) in [6.07, 6.45) is 4.16. The third-order valence-corrected chi connectivity index (χ3v) is 4.47. The van der Waals surface area contributed by atoms with Gasteiger partial charge in [0.2, 0.25) is 0 Å². The van der Waals surface area contributed by atoms with Crippen LogP contribution in [0.3, 0.4) is 0 Å². The molecule has 0 radical (unpaired) electrons. The molecular weight excluding hydrogens is 300 g/mol. The van der Waals surface area contributed by atoms with Gasteiger partial charge in [0.15, 0.2) is 0 Å². The SMILES string of the molecule is COc1cc(=O)n(C)cc1C(=O)NC1CCC2OCCOC2C1. The molecule has 1 saturated carbocycles. The fourth-order valence-electron chi connectivity index (χ4n) is 3.21. The van der Waals surface area contributed by atoms with Crippen molar-refractivity contribution in [2.45, 2.75) is 37.5 Å². The molecule has 0 aromatic carbocycles. The molecule has 2 fully saturated rings. The van der Waals surface area contributed by atoms with Crippen molar-refractivity contribution in [3.8, 4) is 5.75 Å². The molecule has 1 N–H and O–H groups in total. The van der Waals surface area contributed by atoms with Crippen LogP contribution in [0.2, 0.25) is 0 Å². The predicted molar refractivity (Wildman–Crippen MR) is 82.8 cm³/mol. The van der Waals surface area contributed by atoms with Crippen molar-refractivity contribution in [3.05, 3.63) is 28.2 Å². The minimum atomic E-state index is -0.238. The van der Waals surface area contributed by atoms with Gasteiger partial charge in [-0.05, 0) is 19.3 Å². The van der Waals surface area contributed by atoms with Crippen LogP contribution >= 0.6 is 0 Å². The summed E-state index contributed by atoms with van der Waals surface area (Å²) in [4.78, 5) is 24.2. The molecule has 1 amide bonds. The molecule has 0 bridgehead atoms. The van der Waals surface area contributed by atoms with Crippen LogP contribution in [0.1, 0.15) is 29.6 Å². The van der Waals surface area contributed by atoms with E-state index < -0.39 is 0 Å². The Morgan fingerprint density at radius 2 is 2.04 bits per heavy atom. The van der Waals surface area contributed by atoms with Gasteiger partial charge in [0.1, 0.15) is 5.75 Å². The van der Waals surface area contributed by atoms with Gasteiger partial charge in [-0.3, -0.25) is 9.59 Å². The van der Waals surface area contributed by atoms with Crippen LogP contribution in [0.15, 0.2) is 17.1 Å². The first-order chi connectivity index (χ1) is 11.1. The van der Waals surface area contributed by atoms with Crippen LogP contribution in [0.5, 0.6) is 5.75 Å². The fraction of sp³-hybridized carbons (Fsp3) is 0.625. The van der Waals surface area contributed by atoms with Gasteiger partial charge in [-0.1, -0.05) is 0 Å². The van der Waals surface area contributed by atoms with Gasteiger partial charge in [-0.15, -0.1) is 0 Å². The molecule has 7 heteroatoms. The lowest BCUT2D eigenvalue weighted by Gasteiger charge is -2.39. The Bertz CT molecular complexity index is 642. The summed E-state index contributed by atoms with van der Waals surface area (Å²) in [5.41, 5.74) is 0.143. The van der Waals surface area contributed by atoms with E-state index in [0.29, 0.717) is 18.8 Å². The summed E-state index contributed by atoms with van der Waals surface area (Å²) < 4.78 is 17.9. The van der Waals surface area contributed by atoms with Crippen LogP contribution in [0.25, 0.3) is 0 Å². The van der Waals surface area contributed by atoms with Crippen molar-refractivity contribution in [2.75, 3.05) is 20.3 Å². The average Bonchev–Trinajstić information content (AvgIpc) is 2.56. The van der Waals surface area contributed by atoms with Crippen LogP contribution in [-0.4, -0.2) is 49.0 Å². The summed E-state index contributed by atoms with van der Waals surface area (Å²) in [7, 11) is 3.06. The van der Waals surface area contributed by atoms with Gasteiger partial charge in [-0.2, -0.15) is 0 Å². The number of carbonyl (C=O) groups excluding carboxylic acids is 1. The van der Waals surface area contributed by atoms with Crippen molar-refractivity contribution in [1.29, 1.82) is 0 Å². The van der Waals surface area contributed by atoms with Crippen molar-refractivity contribution in [1.82, 2.24) is 9.88 Å². The first kappa shape index (κ1) is 16.0. The molecule has 126 valence electrons. The second kappa shape index (κ2) is 6.72. The van der Waals surface area contributed by atoms with E-state index in [2.05, 4.69) is 5.32 Å². The molecular formula is C16H22N2O5. The summed E-state index contributed by atoms with van der Waals surface area (Å²) in [6.45, 7) is 1.25. The zero-order valence-corrected chi connectivity index (χ0v) is 13.4. The first-order valence-corrected chi connectivity index (χ1v) is 7.87. The number of rotatable bonds is 3. The number of hydrogen-bond donors (Lipinski definition) is 1. The molecule has 3 unspecified atom stereocenters. The molecule has 3 rings (SSSR count). The summed E-state index contributed by atoms with van der Waals surface area (Å²) in [6, 6.07) is 1.36. The number of amides is 1. The number of methoxy groups -OCH3 is 1. The van der Waals surface area contributed by atoms with E-state index in [4.69, 9.17) is 14.2 Å². The highest BCUT2D eigenvalue weighted by Crippen LogP contribution is 2.27. The Balaban J connectivity index is 1.70. The third kappa shape index (κ3) is 3.40. The van der Waals surface area contributed by atoms with E-state index in [0.717, 1.165) is 19.3 Å². The number of hydrogen-bond acceptors (Lipinski definition) is 5. The Morgan fingerprint density at radius 1 is 1.30 bits per heavy atom. The second-order valence-corrected chi connectivity index (χ2v) is 6.01. The highest BCUT2D eigenvalue weighted by molar-refractivity contribution is 5.96. The van der Waals surface area contributed by atoms with Crippen LogP contribution in [0.4, 0.5) is 0 Å². The highest BCUT2D eigenvalue weighted by Gasteiger charge is 2.35. The normalized spacial score (nSPS) is 27.1. The van der Waals surface area contributed by atoms with Gasteiger partial charge in [0, 0.05) is 25.4 Å². The number of aryl methyl sites for hydroxylation is 1. The molecule has 7 nitrogen and oxygen atoms in total. The maximum absolute atomic E-state index is 12.5. The monoisotopic (exact) mass is 322 g/mol. The van der Waals surface area contributed by atoms with E-state index in [1.165, 1.54) is 23.9 Å². The number of pyridine rings is 1. The van der Waals surface area contributed by atoms with Crippen LogP contribution in [-0.2, 0) is 16.5 Å². The number of fused-ring (bicyclic) bond motifs is 1. The van der Waals surface area contributed by atoms with Gasteiger partial charge < -0.3 is 24.1 Å². The lowest BCUT2D eigenvalue weighted by Crippen LogP contribution is -2.49. The van der Waals surface area contributed by atoms with E-state index in [1.54, 1.807) is 7.05 Å². The smallest absolute Gasteiger partial charge is 0.256 e. The molecule has 1 aliphatic carbocycles. The van der Waals surface area contributed by atoms with Crippen LogP contribution < -0.4 is 15.6 Å². The van der Waals surface area contributed by atoms with Gasteiger partial charge in [0.05, 0.1) is 38.1 Å². The molecule has 23 heavy (non-hydrogen) atoms. The summed E-state index contributed by atoms with van der Waals surface area (Å²) >= 11 is 0. The molecule has 1 aromatic rings. The van der Waals surface area contributed by atoms with Gasteiger partial charge in [0.25, 0.3) is 11.5 Å². The second-order valence-electron chi connectivity index (χ2n) is 6.01. The number of ether oxygens (including phenoxy) is 3. The Kier molecular flexibility index (Phi) is 4.68. The average molecular weight is 322 g/mol. The Labute approximate surface area is 134 Å². The maximum Gasteiger partial charge on any atom is 0.256 e. The summed E-state index contributed by atoms with van der Waals surface area (Å²) in [5, 5.41) is 3.02. The van der Waals surface area contributed by atoms with Crippen molar-refractivity contribution >= 4 is 5.91 Å². The number of aromatic nitrogens is 1. The number of nitrogens with one attached hydrogen (secondary N) is 1. The lowest BCUT2D eigenvalue weighted by atomic mass is 9.89. The maximum atomic E-state index is 12.5. The van der Waals surface area contributed by atoms with Crippen molar-refractivity contribution in [3.63, 3.8) is 0 Å². The van der Waals surface area contributed by atoms with Crippen molar-refractivity contribution < 1.29 is 19.0 Å². The molecule has 0 spiro atoms. The minimum absolute atomic E-state index is 0.0346. The molecule has 1 aromatic heterocycles. The Hall–Kier alpha value is -1.86. The zero-order chi connectivity index (χ0) is 16.4. The Morgan fingerprint density at radius 3 is 2.78 bits per heavy atom. The number of carbonyl (C=O) groups is 1. The highest BCUT2D eigenvalue weighted by atomic mass is 16.6. The van der Waals surface area contributed by atoms with Crippen molar-refractivity contribution in [2.24, 2.45) is 7.05 Å². The largest absolute Gasteiger partial charge is 0.496 e. The fourth-order valence-corrected chi connectivity index (χ4v) is 3.21. The molecule has 1 saturated heterocycles. The van der Waals surface area contributed by atoms with Gasteiger partial charge in [-0.25, -0.2) is 0 Å². The zero-order valence-electron chi connectivity index (χ0n) is 13.4.